The van der Waals surface area contributed by atoms with Crippen molar-refractivity contribution in [2.75, 3.05) is 19.6 Å². The number of halogens is 2. The highest BCUT2D eigenvalue weighted by atomic mass is 32.2. The number of hydrogen-bond acceptors (Lipinski definition) is 7. The normalized spacial score (nSPS) is 16.2. The number of piperidine rings is 1. The van der Waals surface area contributed by atoms with E-state index in [1.54, 1.807) is 49.7 Å². The minimum atomic E-state index is -3.79. The number of nitrogens with one attached hydrogen (secondary N) is 2. The number of aromatic amines is 1. The summed E-state index contributed by atoms with van der Waals surface area (Å²) in [7, 11) is -3.79. The van der Waals surface area contributed by atoms with Crippen LogP contribution in [0.2, 0.25) is 0 Å². The first-order chi connectivity index (χ1) is 21.0. The van der Waals surface area contributed by atoms with Gasteiger partial charge in [-0.05, 0) is 67.0 Å². The highest BCUT2D eigenvalue weighted by molar-refractivity contribution is 7.89. The number of aromatic nitrogens is 1. The van der Waals surface area contributed by atoms with E-state index in [-0.39, 0.29) is 22.3 Å². The molecule has 1 fully saturated rings. The molecule has 2 aromatic carbocycles. The zero-order valence-corrected chi connectivity index (χ0v) is 24.9. The van der Waals surface area contributed by atoms with Gasteiger partial charge in [0.05, 0.1) is 27.7 Å². The van der Waals surface area contributed by atoms with E-state index in [0.29, 0.717) is 52.6 Å². The van der Waals surface area contributed by atoms with Gasteiger partial charge in [-0.1, -0.05) is 30.3 Å². The van der Waals surface area contributed by atoms with Crippen molar-refractivity contribution >= 4 is 27.5 Å². The first-order valence-corrected chi connectivity index (χ1v) is 15.6. The molecule has 0 amide bonds. The molecule has 9 nitrogen and oxygen atoms in total. The Morgan fingerprint density at radius 3 is 2.57 bits per heavy atom. The van der Waals surface area contributed by atoms with Crippen molar-refractivity contribution in [2.45, 2.75) is 30.8 Å². The predicted octanol–water partition coefficient (Wildman–Crippen LogP) is 2.65. The van der Waals surface area contributed by atoms with Crippen molar-refractivity contribution in [2.24, 2.45) is 17.5 Å². The molecule has 2 aliphatic rings. The predicted molar refractivity (Wildman–Crippen MR) is 165 cm³/mol. The van der Waals surface area contributed by atoms with Crippen molar-refractivity contribution in [1.29, 1.82) is 0 Å². The van der Waals surface area contributed by atoms with E-state index in [2.05, 4.69) is 21.2 Å². The third-order valence-corrected chi connectivity index (χ3v) is 8.97. The highest BCUT2D eigenvalue weighted by Gasteiger charge is 2.21. The van der Waals surface area contributed by atoms with Crippen molar-refractivity contribution in [3.05, 3.63) is 106 Å². The molecule has 3 aromatic rings. The van der Waals surface area contributed by atoms with Gasteiger partial charge in [-0.2, -0.15) is 4.39 Å². The average Bonchev–Trinajstić information content (AvgIpc) is 3.37. The maximum absolute atomic E-state index is 14.1. The fourth-order valence-electron chi connectivity index (χ4n) is 5.37. The molecule has 1 aromatic heterocycles. The van der Waals surface area contributed by atoms with E-state index in [9.17, 15) is 22.3 Å². The molecule has 1 saturated heterocycles. The summed E-state index contributed by atoms with van der Waals surface area (Å²) in [6.45, 7) is 3.51. The van der Waals surface area contributed by atoms with Crippen LogP contribution < -0.4 is 26.9 Å². The minimum absolute atomic E-state index is 0.0751. The van der Waals surface area contributed by atoms with Gasteiger partial charge >= 0.3 is 0 Å². The fourth-order valence-corrected chi connectivity index (χ4v) is 6.24. The lowest BCUT2D eigenvalue weighted by Crippen LogP contribution is -2.38. The first kappa shape index (κ1) is 30.9. The molecule has 0 saturated carbocycles. The number of allylic oxidation sites excluding steroid dienone is 1. The molecule has 0 radical (unpaired) electrons. The second-order valence-electron chi connectivity index (χ2n) is 10.8. The van der Waals surface area contributed by atoms with Crippen LogP contribution in [0.5, 0.6) is 0 Å². The number of nitrogens with zero attached hydrogens (tertiary/aromatic N) is 2. The van der Waals surface area contributed by atoms with Gasteiger partial charge in [0.1, 0.15) is 5.82 Å². The molecular formula is C32H34F2N6O3S. The number of rotatable bonds is 10. The molecule has 1 unspecified atom stereocenters. The number of benzene rings is 2. The Kier molecular flexibility index (Phi) is 9.10. The second-order valence-corrected chi connectivity index (χ2v) is 12.5. The first-order valence-electron chi connectivity index (χ1n) is 14.1. The van der Waals surface area contributed by atoms with E-state index in [1.165, 1.54) is 35.5 Å². The summed E-state index contributed by atoms with van der Waals surface area (Å²) in [5, 5.41) is 12.7. The smallest absolute Gasteiger partial charge is 0.261 e. The fraction of sp³-hybridized carbons (Fsp3) is 0.250. The van der Waals surface area contributed by atoms with Gasteiger partial charge in [-0.15, -0.1) is 0 Å². The third-order valence-electron chi connectivity index (χ3n) is 7.63. The van der Waals surface area contributed by atoms with Gasteiger partial charge < -0.3 is 25.7 Å². The zero-order valence-electron chi connectivity index (χ0n) is 24.1. The van der Waals surface area contributed by atoms with Gasteiger partial charge in [-0.3, -0.25) is 4.72 Å². The molecule has 1 atom stereocenters. The van der Waals surface area contributed by atoms with Crippen LogP contribution in [0.4, 0.5) is 8.78 Å². The Balaban J connectivity index is 1.14. The topological polar surface area (TPSA) is 141 Å². The molecule has 0 spiro atoms. The Hall–Kier alpha value is -4.57. The third kappa shape index (κ3) is 6.97. The van der Waals surface area contributed by atoms with Crippen molar-refractivity contribution in [3.8, 4) is 11.1 Å². The SMILES string of the molecule is CC(O)c1[nH]c2c(c1/C(N)=C/N(N)CC1CCN(/C=C/NS(=O)(=O)c3ccc(-c4ccccc4F)cc3)CC1)=CC(F)=C=C=2. The number of hydrazine groups is 1. The number of sulfonamides is 1. The zero-order chi connectivity index (χ0) is 31.4. The number of aliphatic hydroxyl groups is 1. The highest BCUT2D eigenvalue weighted by Crippen LogP contribution is 2.24. The summed E-state index contributed by atoms with van der Waals surface area (Å²) >= 11 is 0. The van der Waals surface area contributed by atoms with Gasteiger partial charge in [0.2, 0.25) is 0 Å². The molecule has 12 heteroatoms. The van der Waals surface area contributed by atoms with E-state index in [4.69, 9.17) is 11.6 Å². The molecule has 44 heavy (non-hydrogen) atoms. The summed E-state index contributed by atoms with van der Waals surface area (Å²) in [6.07, 6.45) is 6.74. The lowest BCUT2D eigenvalue weighted by atomic mass is 9.97. The molecule has 7 N–H and O–H groups in total. The Bertz CT molecular complexity index is 1900. The minimum Gasteiger partial charge on any atom is -0.397 e. The Labute approximate surface area is 254 Å². The van der Waals surface area contributed by atoms with Crippen molar-refractivity contribution in [3.63, 3.8) is 0 Å². The maximum Gasteiger partial charge on any atom is 0.261 e. The van der Waals surface area contributed by atoms with Gasteiger partial charge in [0.15, 0.2) is 5.83 Å². The van der Waals surface area contributed by atoms with E-state index in [1.807, 2.05) is 4.90 Å². The van der Waals surface area contributed by atoms with Crippen LogP contribution in [-0.2, 0) is 10.0 Å². The van der Waals surface area contributed by atoms with Crippen LogP contribution in [0.25, 0.3) is 28.6 Å². The number of likely N-dealkylation sites (tertiary alicyclic amines) is 1. The number of fused-ring (bicyclic) bond motifs is 1. The van der Waals surface area contributed by atoms with Crippen LogP contribution in [0.15, 0.2) is 83.6 Å². The summed E-state index contributed by atoms with van der Waals surface area (Å²) in [6, 6.07) is 12.4. The molecule has 0 bridgehead atoms. The molecule has 2 heterocycles. The monoisotopic (exact) mass is 620 g/mol. The average molecular weight is 621 g/mol. The van der Waals surface area contributed by atoms with E-state index in [0.717, 1.165) is 12.8 Å². The van der Waals surface area contributed by atoms with Crippen LogP contribution in [0, 0.1) is 11.7 Å². The van der Waals surface area contributed by atoms with Crippen molar-refractivity contribution < 1.29 is 22.3 Å². The summed E-state index contributed by atoms with van der Waals surface area (Å²) in [5.74, 6) is 5.57. The molecular weight excluding hydrogens is 586 g/mol. The van der Waals surface area contributed by atoms with Crippen LogP contribution in [-0.4, -0.2) is 48.1 Å². The standard InChI is InChI=1S/C32H34F2N6O3S/c1-21(41)32-31(27-18-24(33)8-11-30(27)38-32)29(35)20-40(36)19-22-12-15-39(16-13-22)17-14-37-44(42,43)25-9-6-23(7-10-25)26-4-2-3-5-28(26)34/h2-7,9-10,14,17-18,20-22,37-38,41H,12-13,15-16,19,35-36H2,1H3/b17-14+,29-20-. The number of aliphatic hydroxyl groups excluding tert-OH is 1. The largest absolute Gasteiger partial charge is 0.397 e. The lowest BCUT2D eigenvalue weighted by Gasteiger charge is -2.32. The molecule has 1 aliphatic carbocycles. The summed E-state index contributed by atoms with van der Waals surface area (Å²) < 4.78 is 55.9. The number of H-pyrrole nitrogens is 1. The Morgan fingerprint density at radius 2 is 1.89 bits per heavy atom. The second kappa shape index (κ2) is 13.0. The quantitative estimate of drug-likeness (QED) is 0.133. The van der Waals surface area contributed by atoms with Gasteiger partial charge in [0.25, 0.3) is 10.0 Å². The summed E-state index contributed by atoms with van der Waals surface area (Å²) in [5.41, 5.74) is 13.6. The van der Waals surface area contributed by atoms with Crippen LogP contribution in [0.3, 0.4) is 0 Å². The van der Waals surface area contributed by atoms with Gasteiger partial charge in [0, 0.05) is 54.6 Å². The molecule has 5 rings (SSSR count). The molecule has 1 aliphatic heterocycles. The van der Waals surface area contributed by atoms with E-state index >= 15 is 0 Å². The lowest BCUT2D eigenvalue weighted by molar-refractivity contribution is 0.194. The van der Waals surface area contributed by atoms with Crippen LogP contribution in [0.1, 0.15) is 37.1 Å². The number of nitrogens with two attached hydrogens (primary N) is 2. The van der Waals surface area contributed by atoms with Gasteiger partial charge in [-0.25, -0.2) is 18.7 Å². The number of hydrogen-bond donors (Lipinski definition) is 5. The van der Waals surface area contributed by atoms with E-state index < -0.39 is 22.0 Å². The summed E-state index contributed by atoms with van der Waals surface area (Å²) in [4.78, 5) is 5.12. The van der Waals surface area contributed by atoms with Crippen molar-refractivity contribution in [1.82, 2.24) is 19.6 Å². The van der Waals surface area contributed by atoms with Crippen LogP contribution >= 0.6 is 0 Å². The maximum atomic E-state index is 14.1. The molecule has 230 valence electrons. The Morgan fingerprint density at radius 1 is 1.18 bits per heavy atom.